The van der Waals surface area contributed by atoms with E-state index in [9.17, 15) is 4.39 Å². The van der Waals surface area contributed by atoms with Crippen molar-refractivity contribution in [1.29, 1.82) is 0 Å². The number of likely N-dealkylation sites (N-methyl/N-ethyl adjacent to an activating group) is 1. The zero-order chi connectivity index (χ0) is 11.3. The van der Waals surface area contributed by atoms with Crippen LogP contribution in [0.3, 0.4) is 0 Å². The van der Waals surface area contributed by atoms with E-state index in [0.717, 1.165) is 17.3 Å². The van der Waals surface area contributed by atoms with Crippen molar-refractivity contribution in [3.8, 4) is 0 Å². The second-order valence-corrected chi connectivity index (χ2v) is 4.73. The van der Waals surface area contributed by atoms with Gasteiger partial charge in [-0.2, -0.15) is 0 Å². The van der Waals surface area contributed by atoms with Crippen molar-refractivity contribution in [2.75, 3.05) is 14.1 Å². The van der Waals surface area contributed by atoms with Crippen LogP contribution in [0.2, 0.25) is 0 Å². The minimum Gasteiger partial charge on any atom is -0.343 e. The van der Waals surface area contributed by atoms with Gasteiger partial charge in [0.1, 0.15) is 5.82 Å². The highest BCUT2D eigenvalue weighted by molar-refractivity contribution is 5.81. The van der Waals surface area contributed by atoms with Crippen LogP contribution in [-0.2, 0) is 0 Å². The minimum absolute atomic E-state index is 0.127. The van der Waals surface area contributed by atoms with Gasteiger partial charge in [0.05, 0.1) is 11.6 Å². The lowest BCUT2D eigenvalue weighted by Gasteiger charge is -2.10. The van der Waals surface area contributed by atoms with Gasteiger partial charge in [-0.05, 0) is 38.7 Å². The van der Waals surface area contributed by atoms with Crippen LogP contribution in [0.4, 0.5) is 4.39 Å². The van der Waals surface area contributed by atoms with Crippen molar-refractivity contribution in [1.82, 2.24) is 9.47 Å². The average molecular weight is 218 g/mol. The van der Waals surface area contributed by atoms with E-state index in [-0.39, 0.29) is 5.82 Å². The molecule has 2 aromatic rings. The SMILES string of the molecule is CN(C)C1CC1n1ccc2c(F)cccc21. The number of benzene rings is 1. The van der Waals surface area contributed by atoms with E-state index >= 15 is 0 Å². The monoisotopic (exact) mass is 218 g/mol. The Morgan fingerprint density at radius 1 is 1.31 bits per heavy atom. The molecule has 3 rings (SSSR count). The maximum absolute atomic E-state index is 13.5. The van der Waals surface area contributed by atoms with Gasteiger partial charge in [-0.15, -0.1) is 0 Å². The molecular formula is C13H15FN2. The fourth-order valence-corrected chi connectivity index (χ4v) is 2.46. The molecule has 1 saturated carbocycles. The lowest BCUT2D eigenvalue weighted by Crippen LogP contribution is -2.17. The molecule has 1 fully saturated rings. The molecule has 0 N–H and O–H groups in total. The Hall–Kier alpha value is -1.35. The van der Waals surface area contributed by atoms with E-state index in [1.165, 1.54) is 6.07 Å². The highest BCUT2D eigenvalue weighted by Gasteiger charge is 2.40. The Labute approximate surface area is 94.3 Å². The second-order valence-electron chi connectivity index (χ2n) is 4.73. The largest absolute Gasteiger partial charge is 0.343 e. The lowest BCUT2D eigenvalue weighted by molar-refractivity contribution is 0.377. The van der Waals surface area contributed by atoms with Crippen molar-refractivity contribution in [3.63, 3.8) is 0 Å². The third-order valence-corrected chi connectivity index (χ3v) is 3.45. The Bertz CT molecular complexity index is 530. The predicted octanol–water partition coefficient (Wildman–Crippen LogP) is 2.66. The fourth-order valence-electron chi connectivity index (χ4n) is 2.46. The second kappa shape index (κ2) is 3.32. The number of rotatable bonds is 2. The van der Waals surface area contributed by atoms with Gasteiger partial charge in [0, 0.05) is 17.6 Å². The summed E-state index contributed by atoms with van der Waals surface area (Å²) < 4.78 is 15.7. The van der Waals surface area contributed by atoms with Crippen molar-refractivity contribution in [3.05, 3.63) is 36.3 Å². The molecule has 16 heavy (non-hydrogen) atoms. The summed E-state index contributed by atoms with van der Waals surface area (Å²) in [5, 5.41) is 0.729. The number of hydrogen-bond donors (Lipinski definition) is 0. The summed E-state index contributed by atoms with van der Waals surface area (Å²) in [6.45, 7) is 0. The van der Waals surface area contributed by atoms with Crippen molar-refractivity contribution >= 4 is 10.9 Å². The standard InChI is InChI=1S/C13H15FN2/c1-15(2)12-8-13(12)16-7-6-9-10(14)4-3-5-11(9)16/h3-7,12-13H,8H2,1-2H3. The summed E-state index contributed by atoms with van der Waals surface area (Å²) in [5.41, 5.74) is 1.01. The molecule has 1 aromatic carbocycles. The number of aromatic nitrogens is 1. The van der Waals surface area contributed by atoms with E-state index < -0.39 is 0 Å². The van der Waals surface area contributed by atoms with Gasteiger partial charge in [-0.3, -0.25) is 0 Å². The van der Waals surface area contributed by atoms with Gasteiger partial charge in [-0.1, -0.05) is 6.07 Å². The summed E-state index contributed by atoms with van der Waals surface area (Å²) in [7, 11) is 4.19. The molecule has 0 amide bonds. The first kappa shape index (κ1) is 9.85. The van der Waals surface area contributed by atoms with Crippen LogP contribution in [0.1, 0.15) is 12.5 Å². The van der Waals surface area contributed by atoms with Crippen LogP contribution < -0.4 is 0 Å². The molecule has 0 spiro atoms. The highest BCUT2D eigenvalue weighted by atomic mass is 19.1. The van der Waals surface area contributed by atoms with Crippen LogP contribution in [0.25, 0.3) is 10.9 Å². The van der Waals surface area contributed by atoms with Gasteiger partial charge in [0.15, 0.2) is 0 Å². The predicted molar refractivity (Wildman–Crippen MR) is 63.0 cm³/mol. The molecule has 1 aromatic heterocycles. The number of fused-ring (bicyclic) bond motifs is 1. The molecule has 0 radical (unpaired) electrons. The topological polar surface area (TPSA) is 8.17 Å². The molecule has 2 unspecified atom stereocenters. The van der Waals surface area contributed by atoms with E-state index in [1.807, 2.05) is 18.3 Å². The number of nitrogens with zero attached hydrogens (tertiary/aromatic N) is 2. The zero-order valence-corrected chi connectivity index (χ0v) is 9.52. The molecule has 1 aliphatic rings. The Kier molecular flexibility index (Phi) is 2.04. The van der Waals surface area contributed by atoms with Crippen molar-refractivity contribution in [2.24, 2.45) is 0 Å². The summed E-state index contributed by atoms with van der Waals surface area (Å²) in [6, 6.07) is 8.26. The fraction of sp³-hybridized carbons (Fsp3) is 0.385. The first-order chi connectivity index (χ1) is 7.68. The van der Waals surface area contributed by atoms with Gasteiger partial charge in [0.25, 0.3) is 0 Å². The molecule has 1 heterocycles. The van der Waals surface area contributed by atoms with Crippen molar-refractivity contribution in [2.45, 2.75) is 18.5 Å². The van der Waals surface area contributed by atoms with Gasteiger partial charge >= 0.3 is 0 Å². The molecule has 0 bridgehead atoms. The molecule has 84 valence electrons. The maximum Gasteiger partial charge on any atom is 0.132 e. The van der Waals surface area contributed by atoms with E-state index in [0.29, 0.717) is 12.1 Å². The van der Waals surface area contributed by atoms with Crippen LogP contribution in [0.15, 0.2) is 30.5 Å². The van der Waals surface area contributed by atoms with Crippen LogP contribution in [0, 0.1) is 5.82 Å². The third-order valence-electron chi connectivity index (χ3n) is 3.45. The first-order valence-corrected chi connectivity index (χ1v) is 5.60. The minimum atomic E-state index is -0.127. The van der Waals surface area contributed by atoms with E-state index in [2.05, 4.69) is 23.6 Å². The first-order valence-electron chi connectivity index (χ1n) is 5.60. The maximum atomic E-state index is 13.5. The molecule has 0 saturated heterocycles. The normalized spacial score (nSPS) is 24.2. The molecule has 1 aliphatic carbocycles. The molecule has 0 aliphatic heterocycles. The summed E-state index contributed by atoms with van der Waals surface area (Å²) >= 11 is 0. The van der Waals surface area contributed by atoms with E-state index in [4.69, 9.17) is 0 Å². The molecule has 2 atom stereocenters. The smallest absolute Gasteiger partial charge is 0.132 e. The van der Waals surface area contributed by atoms with Crippen molar-refractivity contribution < 1.29 is 4.39 Å². The van der Waals surface area contributed by atoms with Crippen LogP contribution in [0.5, 0.6) is 0 Å². The van der Waals surface area contributed by atoms with Gasteiger partial charge in [-0.25, -0.2) is 4.39 Å². The van der Waals surface area contributed by atoms with Gasteiger partial charge in [0.2, 0.25) is 0 Å². The summed E-state index contributed by atoms with van der Waals surface area (Å²) in [6.07, 6.45) is 3.16. The lowest BCUT2D eigenvalue weighted by atomic mass is 10.2. The number of halogens is 1. The summed E-state index contributed by atoms with van der Waals surface area (Å²) in [5.74, 6) is -0.127. The molecule has 3 heteroatoms. The van der Waals surface area contributed by atoms with E-state index in [1.54, 1.807) is 6.07 Å². The van der Waals surface area contributed by atoms with Crippen LogP contribution >= 0.6 is 0 Å². The van der Waals surface area contributed by atoms with Gasteiger partial charge < -0.3 is 9.47 Å². The quantitative estimate of drug-likeness (QED) is 0.752. The Morgan fingerprint density at radius 3 is 2.81 bits per heavy atom. The third kappa shape index (κ3) is 1.35. The zero-order valence-electron chi connectivity index (χ0n) is 9.52. The Morgan fingerprint density at radius 2 is 2.12 bits per heavy atom. The average Bonchev–Trinajstić information content (AvgIpc) is 2.93. The van der Waals surface area contributed by atoms with Crippen LogP contribution in [-0.4, -0.2) is 29.6 Å². The molecule has 2 nitrogen and oxygen atoms in total. The molecular weight excluding hydrogens is 203 g/mol. The number of hydrogen-bond acceptors (Lipinski definition) is 1. The summed E-state index contributed by atoms with van der Waals surface area (Å²) in [4.78, 5) is 2.23. The highest BCUT2D eigenvalue weighted by Crippen LogP contribution is 2.41. The Balaban J connectivity index is 2.03.